The third-order valence-electron chi connectivity index (χ3n) is 5.90. The SMILES string of the molecule is COc1ccc(CO[C@@H](C=O)[C@@H](C[C@H](C)CC#C[Si](C)(C)C)O[Si](C)(C)C(C)(C)C)cc1. The first-order chi connectivity index (χ1) is 14.7. The van der Waals surface area contributed by atoms with Crippen LogP contribution < -0.4 is 4.74 Å². The topological polar surface area (TPSA) is 44.8 Å². The van der Waals surface area contributed by atoms with Gasteiger partial charge in [-0.05, 0) is 48.2 Å². The Morgan fingerprint density at radius 2 is 1.66 bits per heavy atom. The number of hydrogen-bond acceptors (Lipinski definition) is 4. The van der Waals surface area contributed by atoms with Gasteiger partial charge in [-0.15, -0.1) is 11.5 Å². The maximum atomic E-state index is 12.1. The van der Waals surface area contributed by atoms with Crippen LogP contribution in [0.25, 0.3) is 0 Å². The van der Waals surface area contributed by atoms with Crippen LogP contribution in [0, 0.1) is 17.4 Å². The lowest BCUT2D eigenvalue weighted by atomic mass is 9.98. The number of carbonyl (C=O) groups excluding carboxylic acids is 1. The zero-order valence-corrected chi connectivity index (χ0v) is 23.9. The Morgan fingerprint density at radius 1 is 1.06 bits per heavy atom. The van der Waals surface area contributed by atoms with Crippen molar-refractivity contribution in [3.8, 4) is 17.2 Å². The molecule has 0 saturated heterocycles. The maximum Gasteiger partial charge on any atom is 0.192 e. The van der Waals surface area contributed by atoms with Crippen molar-refractivity contribution in [2.75, 3.05) is 7.11 Å². The summed E-state index contributed by atoms with van der Waals surface area (Å²) in [6, 6.07) is 7.72. The van der Waals surface area contributed by atoms with Gasteiger partial charge >= 0.3 is 0 Å². The molecule has 0 amide bonds. The van der Waals surface area contributed by atoms with Crippen molar-refractivity contribution in [3.63, 3.8) is 0 Å². The van der Waals surface area contributed by atoms with E-state index in [9.17, 15) is 4.79 Å². The minimum atomic E-state index is -2.08. The van der Waals surface area contributed by atoms with E-state index in [1.54, 1.807) is 7.11 Å². The summed E-state index contributed by atoms with van der Waals surface area (Å²) in [5.41, 5.74) is 4.44. The number of hydrogen-bond donors (Lipinski definition) is 0. The first-order valence-electron chi connectivity index (χ1n) is 11.6. The predicted octanol–water partition coefficient (Wildman–Crippen LogP) is 6.47. The molecule has 0 radical (unpaired) electrons. The van der Waals surface area contributed by atoms with Crippen LogP contribution in [0.5, 0.6) is 5.75 Å². The van der Waals surface area contributed by atoms with Gasteiger partial charge < -0.3 is 18.7 Å². The molecule has 0 aromatic heterocycles. The molecule has 0 spiro atoms. The normalized spacial score (nSPS) is 15.3. The molecular weight excluding hydrogens is 432 g/mol. The average Bonchev–Trinajstić information content (AvgIpc) is 2.66. The van der Waals surface area contributed by atoms with Gasteiger partial charge in [0.1, 0.15) is 19.9 Å². The molecule has 0 aliphatic rings. The summed E-state index contributed by atoms with van der Waals surface area (Å²) < 4.78 is 18.0. The van der Waals surface area contributed by atoms with Crippen molar-refractivity contribution in [1.82, 2.24) is 0 Å². The number of benzene rings is 1. The van der Waals surface area contributed by atoms with E-state index in [0.29, 0.717) is 12.5 Å². The zero-order chi connectivity index (χ0) is 24.6. The van der Waals surface area contributed by atoms with Gasteiger partial charge in [0.05, 0.1) is 19.8 Å². The number of carbonyl (C=O) groups is 1. The molecule has 0 heterocycles. The lowest BCUT2D eigenvalue weighted by molar-refractivity contribution is -0.126. The maximum absolute atomic E-state index is 12.1. The highest BCUT2D eigenvalue weighted by molar-refractivity contribution is 6.83. The zero-order valence-electron chi connectivity index (χ0n) is 21.9. The molecule has 0 unspecified atom stereocenters. The molecule has 0 N–H and O–H groups in total. The Bertz CT molecular complexity index is 764. The number of methoxy groups -OCH3 is 1. The van der Waals surface area contributed by atoms with Gasteiger partial charge in [0, 0.05) is 6.42 Å². The lowest BCUT2D eigenvalue weighted by Crippen LogP contribution is -2.48. The molecule has 6 heteroatoms. The summed E-state index contributed by atoms with van der Waals surface area (Å²) in [6.45, 7) is 20.4. The summed E-state index contributed by atoms with van der Waals surface area (Å²) >= 11 is 0. The van der Waals surface area contributed by atoms with E-state index < -0.39 is 22.5 Å². The van der Waals surface area contributed by atoms with Crippen molar-refractivity contribution in [2.24, 2.45) is 5.92 Å². The van der Waals surface area contributed by atoms with Crippen LogP contribution in [0.2, 0.25) is 37.8 Å². The van der Waals surface area contributed by atoms with Gasteiger partial charge in [0.15, 0.2) is 14.6 Å². The molecule has 1 aromatic carbocycles. The molecule has 32 heavy (non-hydrogen) atoms. The molecule has 4 nitrogen and oxygen atoms in total. The van der Waals surface area contributed by atoms with Crippen molar-refractivity contribution < 1.29 is 18.7 Å². The van der Waals surface area contributed by atoms with Crippen LogP contribution in [0.3, 0.4) is 0 Å². The smallest absolute Gasteiger partial charge is 0.192 e. The molecule has 1 rings (SSSR count). The Labute approximate surface area is 198 Å². The fourth-order valence-electron chi connectivity index (χ4n) is 2.92. The second-order valence-electron chi connectivity index (χ2n) is 11.3. The molecule has 0 fully saturated rings. The third-order valence-corrected chi connectivity index (χ3v) is 11.3. The first-order valence-corrected chi connectivity index (χ1v) is 18.0. The second kappa shape index (κ2) is 12.2. The summed E-state index contributed by atoms with van der Waals surface area (Å²) in [4.78, 5) is 12.1. The average molecular weight is 477 g/mol. The van der Waals surface area contributed by atoms with Crippen LogP contribution >= 0.6 is 0 Å². The monoisotopic (exact) mass is 476 g/mol. The van der Waals surface area contributed by atoms with Gasteiger partial charge in [-0.2, -0.15) is 0 Å². The van der Waals surface area contributed by atoms with E-state index in [-0.39, 0.29) is 11.1 Å². The Hall–Kier alpha value is -1.40. The van der Waals surface area contributed by atoms with Crippen LogP contribution in [0.4, 0.5) is 0 Å². The van der Waals surface area contributed by atoms with Crippen molar-refractivity contribution in [3.05, 3.63) is 29.8 Å². The van der Waals surface area contributed by atoms with E-state index in [1.807, 2.05) is 24.3 Å². The van der Waals surface area contributed by atoms with Crippen molar-refractivity contribution in [2.45, 2.75) is 97.1 Å². The van der Waals surface area contributed by atoms with E-state index in [2.05, 4.69) is 71.9 Å². The highest BCUT2D eigenvalue weighted by Crippen LogP contribution is 2.38. The Balaban J connectivity index is 2.98. The predicted molar refractivity (Wildman–Crippen MR) is 139 cm³/mol. The van der Waals surface area contributed by atoms with E-state index in [4.69, 9.17) is 13.9 Å². The molecular formula is C26H44O4Si2. The molecule has 0 aliphatic carbocycles. The van der Waals surface area contributed by atoms with Gasteiger partial charge in [-0.25, -0.2) is 0 Å². The molecule has 3 atom stereocenters. The first kappa shape index (κ1) is 28.6. The molecule has 1 aromatic rings. The van der Waals surface area contributed by atoms with Gasteiger partial charge in [-0.1, -0.05) is 59.5 Å². The second-order valence-corrected chi connectivity index (χ2v) is 20.8. The Kier molecular flexibility index (Phi) is 10.9. The number of ether oxygens (including phenoxy) is 2. The van der Waals surface area contributed by atoms with Gasteiger partial charge in [0.2, 0.25) is 0 Å². The highest BCUT2D eigenvalue weighted by atomic mass is 28.4. The molecule has 180 valence electrons. The summed E-state index contributed by atoms with van der Waals surface area (Å²) in [5.74, 6) is 4.49. The van der Waals surface area contributed by atoms with Crippen LogP contribution in [0.1, 0.15) is 46.1 Å². The van der Waals surface area contributed by atoms with Crippen molar-refractivity contribution >= 4 is 22.7 Å². The molecule has 0 bridgehead atoms. The van der Waals surface area contributed by atoms with E-state index in [0.717, 1.165) is 30.4 Å². The fourth-order valence-corrected chi connectivity index (χ4v) is 4.90. The number of rotatable bonds is 11. The summed E-state index contributed by atoms with van der Waals surface area (Å²) in [7, 11) is -1.82. The Morgan fingerprint density at radius 3 is 2.12 bits per heavy atom. The number of aldehydes is 1. The molecule has 0 saturated carbocycles. The lowest BCUT2D eigenvalue weighted by Gasteiger charge is -2.41. The van der Waals surface area contributed by atoms with Crippen molar-refractivity contribution in [1.29, 1.82) is 0 Å². The standard InChI is InChI=1S/C26H44O4Si2/c1-21(12-11-17-31(6,7)8)18-24(30-32(9,10)26(2,3)4)25(19-27)29-20-22-13-15-23(28-5)16-14-22/h13-16,19,21,24-25H,12,18,20H2,1-10H3/t21-,24-,25+/m1/s1. The largest absolute Gasteiger partial charge is 0.497 e. The van der Waals surface area contributed by atoms with Crippen LogP contribution in [0.15, 0.2) is 24.3 Å². The minimum absolute atomic E-state index is 0.0511. The third kappa shape index (κ3) is 10.0. The van der Waals surface area contributed by atoms with E-state index in [1.165, 1.54) is 0 Å². The summed E-state index contributed by atoms with van der Waals surface area (Å²) in [6.07, 6.45) is 1.57. The van der Waals surface area contributed by atoms with Crippen LogP contribution in [-0.4, -0.2) is 42.0 Å². The highest BCUT2D eigenvalue weighted by Gasteiger charge is 2.41. The summed E-state index contributed by atoms with van der Waals surface area (Å²) in [5, 5.41) is 0.0511. The van der Waals surface area contributed by atoms with Gasteiger partial charge in [0.25, 0.3) is 0 Å². The van der Waals surface area contributed by atoms with Gasteiger partial charge in [-0.3, -0.25) is 0 Å². The quantitative estimate of drug-likeness (QED) is 0.209. The van der Waals surface area contributed by atoms with E-state index >= 15 is 0 Å². The van der Waals surface area contributed by atoms with Crippen LogP contribution in [-0.2, 0) is 20.6 Å². The molecule has 0 aliphatic heterocycles. The fraction of sp³-hybridized carbons (Fsp3) is 0.654. The minimum Gasteiger partial charge on any atom is -0.497 e.